The maximum Gasteiger partial charge on any atom is 0.243 e. The number of aryl methyl sites for hydroxylation is 1. The monoisotopic (exact) mass is 419 g/mol. The number of nitrogens with zero attached hydrogens (tertiary/aromatic N) is 1. The summed E-state index contributed by atoms with van der Waals surface area (Å²) in [6.45, 7) is 9.12. The first kappa shape index (κ1) is 22.3. The van der Waals surface area contributed by atoms with Crippen molar-refractivity contribution in [1.29, 1.82) is 0 Å². The molecule has 0 spiro atoms. The zero-order valence-corrected chi connectivity index (χ0v) is 18.6. The van der Waals surface area contributed by atoms with E-state index in [1.165, 1.54) is 9.87 Å². The summed E-state index contributed by atoms with van der Waals surface area (Å²) in [5.74, 6) is 0. The van der Waals surface area contributed by atoms with Crippen LogP contribution >= 0.6 is 12.2 Å². The average molecular weight is 420 g/mol. The number of hydrogen-bond donors (Lipinski definition) is 2. The molecule has 0 saturated carbocycles. The molecule has 0 aliphatic carbocycles. The molecule has 0 aromatic heterocycles. The first-order valence-electron chi connectivity index (χ1n) is 9.49. The van der Waals surface area contributed by atoms with Gasteiger partial charge in [0.1, 0.15) is 0 Å². The molecule has 0 saturated heterocycles. The molecule has 152 valence electrons. The second-order valence-electron chi connectivity index (χ2n) is 6.62. The van der Waals surface area contributed by atoms with E-state index in [0.717, 1.165) is 17.5 Å². The summed E-state index contributed by atoms with van der Waals surface area (Å²) in [5, 5.41) is 6.83. The second-order valence-corrected chi connectivity index (χ2v) is 8.96. The number of benzene rings is 2. The molecule has 5 nitrogen and oxygen atoms in total. The van der Waals surface area contributed by atoms with Crippen LogP contribution in [-0.4, -0.2) is 37.5 Å². The molecule has 28 heavy (non-hydrogen) atoms. The highest BCUT2D eigenvalue weighted by molar-refractivity contribution is 7.89. The maximum absolute atomic E-state index is 12.9. The quantitative estimate of drug-likeness (QED) is 0.636. The summed E-state index contributed by atoms with van der Waals surface area (Å²) in [6.07, 6.45) is 0.858. The van der Waals surface area contributed by atoms with E-state index < -0.39 is 10.0 Å². The smallest absolute Gasteiger partial charge is 0.243 e. The van der Waals surface area contributed by atoms with Gasteiger partial charge in [0.15, 0.2) is 5.11 Å². The minimum atomic E-state index is -3.52. The fourth-order valence-corrected chi connectivity index (χ4v) is 4.73. The van der Waals surface area contributed by atoms with E-state index in [9.17, 15) is 8.42 Å². The van der Waals surface area contributed by atoms with Crippen molar-refractivity contribution in [1.82, 2.24) is 9.62 Å². The lowest BCUT2D eigenvalue weighted by Gasteiger charge is -2.21. The molecular weight excluding hydrogens is 390 g/mol. The molecule has 0 aliphatic rings. The predicted octanol–water partition coefficient (Wildman–Crippen LogP) is 3.86. The van der Waals surface area contributed by atoms with E-state index >= 15 is 0 Å². The van der Waals surface area contributed by atoms with Crippen molar-refractivity contribution in [2.24, 2.45) is 0 Å². The Balaban J connectivity index is 2.12. The van der Waals surface area contributed by atoms with Crippen LogP contribution in [0.1, 0.15) is 30.5 Å². The Hall–Kier alpha value is -1.96. The molecular formula is C21H29N3O2S2. The normalized spacial score (nSPS) is 11.5. The summed E-state index contributed by atoms with van der Waals surface area (Å²) in [6, 6.07) is 13.6. The Bertz CT molecular complexity index is 909. The highest BCUT2D eigenvalue weighted by Gasteiger charge is 2.23. The van der Waals surface area contributed by atoms with Crippen LogP contribution in [0.15, 0.2) is 47.4 Å². The number of nitrogens with one attached hydrogen (secondary N) is 2. The molecule has 2 aromatic rings. The van der Waals surface area contributed by atoms with Gasteiger partial charge in [0, 0.05) is 25.3 Å². The molecule has 0 radical (unpaired) electrons. The maximum atomic E-state index is 12.9. The van der Waals surface area contributed by atoms with Crippen molar-refractivity contribution < 1.29 is 8.42 Å². The Morgan fingerprint density at radius 3 is 2.32 bits per heavy atom. The Morgan fingerprint density at radius 1 is 1.07 bits per heavy atom. The summed E-state index contributed by atoms with van der Waals surface area (Å²) >= 11 is 5.41. The molecule has 2 N–H and O–H groups in total. The van der Waals surface area contributed by atoms with Crippen LogP contribution in [0, 0.1) is 13.8 Å². The van der Waals surface area contributed by atoms with Crippen LogP contribution in [-0.2, 0) is 16.4 Å². The van der Waals surface area contributed by atoms with Crippen molar-refractivity contribution in [2.75, 3.05) is 25.0 Å². The van der Waals surface area contributed by atoms with Crippen LogP contribution in [0.25, 0.3) is 0 Å². The molecule has 7 heteroatoms. The van der Waals surface area contributed by atoms with Gasteiger partial charge in [0.25, 0.3) is 0 Å². The van der Waals surface area contributed by atoms with Gasteiger partial charge in [-0.2, -0.15) is 4.31 Å². The topological polar surface area (TPSA) is 61.4 Å². The molecule has 0 fully saturated rings. The minimum absolute atomic E-state index is 0.286. The van der Waals surface area contributed by atoms with E-state index in [2.05, 4.69) is 22.8 Å². The lowest BCUT2D eigenvalue weighted by molar-refractivity contribution is 0.445. The van der Waals surface area contributed by atoms with Gasteiger partial charge in [-0.25, -0.2) is 8.42 Å². The molecule has 0 heterocycles. The van der Waals surface area contributed by atoms with Gasteiger partial charge in [0.2, 0.25) is 10.0 Å². The summed E-state index contributed by atoms with van der Waals surface area (Å²) in [5.41, 5.74) is 3.83. The van der Waals surface area contributed by atoms with Gasteiger partial charge in [-0.1, -0.05) is 44.2 Å². The van der Waals surface area contributed by atoms with Crippen molar-refractivity contribution >= 4 is 33.0 Å². The number of hydrogen-bond acceptors (Lipinski definition) is 3. The SMILES string of the molecule is CCN(CC)S(=O)(=O)c1cc(C)c(C)c(NC(=S)NCCc2ccccc2)c1. The van der Waals surface area contributed by atoms with Gasteiger partial charge in [-0.05, 0) is 61.3 Å². The van der Waals surface area contributed by atoms with Gasteiger partial charge >= 0.3 is 0 Å². The lowest BCUT2D eigenvalue weighted by atomic mass is 10.1. The largest absolute Gasteiger partial charge is 0.362 e. The number of anilines is 1. The molecule has 2 aromatic carbocycles. The van der Waals surface area contributed by atoms with Crippen LogP contribution in [0.5, 0.6) is 0 Å². The Labute approximate surface area is 174 Å². The summed E-state index contributed by atoms with van der Waals surface area (Å²) in [7, 11) is -3.52. The van der Waals surface area contributed by atoms with Crippen molar-refractivity contribution in [3.63, 3.8) is 0 Å². The van der Waals surface area contributed by atoms with Gasteiger partial charge < -0.3 is 10.6 Å². The van der Waals surface area contributed by atoms with Crippen LogP contribution in [0.3, 0.4) is 0 Å². The van der Waals surface area contributed by atoms with E-state index in [1.54, 1.807) is 12.1 Å². The summed E-state index contributed by atoms with van der Waals surface area (Å²) < 4.78 is 27.2. The fourth-order valence-electron chi connectivity index (χ4n) is 2.95. The second kappa shape index (κ2) is 10.0. The first-order chi connectivity index (χ1) is 13.3. The van der Waals surface area contributed by atoms with E-state index in [-0.39, 0.29) is 4.90 Å². The molecule has 0 unspecified atom stereocenters. The van der Waals surface area contributed by atoms with E-state index in [4.69, 9.17) is 12.2 Å². The Morgan fingerprint density at radius 2 is 1.71 bits per heavy atom. The minimum Gasteiger partial charge on any atom is -0.362 e. The Kier molecular flexibility index (Phi) is 7.98. The average Bonchev–Trinajstić information content (AvgIpc) is 2.66. The van der Waals surface area contributed by atoms with Crippen LogP contribution < -0.4 is 10.6 Å². The highest BCUT2D eigenvalue weighted by atomic mass is 32.2. The molecule has 0 aliphatic heterocycles. The van der Waals surface area contributed by atoms with Crippen LogP contribution in [0.4, 0.5) is 5.69 Å². The predicted molar refractivity (Wildman–Crippen MR) is 120 cm³/mol. The van der Waals surface area contributed by atoms with Crippen molar-refractivity contribution in [3.05, 3.63) is 59.2 Å². The van der Waals surface area contributed by atoms with Crippen molar-refractivity contribution in [2.45, 2.75) is 39.0 Å². The number of sulfonamides is 1. The fraction of sp³-hybridized carbons (Fsp3) is 0.381. The lowest BCUT2D eigenvalue weighted by Crippen LogP contribution is -2.32. The third-order valence-corrected chi connectivity index (χ3v) is 7.05. The molecule has 0 atom stereocenters. The zero-order valence-electron chi connectivity index (χ0n) is 17.0. The highest BCUT2D eigenvalue weighted by Crippen LogP contribution is 2.26. The number of rotatable bonds is 8. The van der Waals surface area contributed by atoms with Gasteiger partial charge in [0.05, 0.1) is 4.90 Å². The zero-order chi connectivity index (χ0) is 20.7. The summed E-state index contributed by atoms with van der Waals surface area (Å²) in [4.78, 5) is 0.286. The standard InChI is InChI=1S/C21H29N3O2S2/c1-5-24(6-2)28(25,26)19-14-16(3)17(4)20(15-19)23-21(27)22-13-12-18-10-8-7-9-11-18/h7-11,14-15H,5-6,12-13H2,1-4H3,(H2,22,23,27). The van der Waals surface area contributed by atoms with Crippen LogP contribution in [0.2, 0.25) is 0 Å². The van der Waals surface area contributed by atoms with Gasteiger partial charge in [-0.3, -0.25) is 0 Å². The third-order valence-electron chi connectivity index (χ3n) is 4.77. The molecule has 2 rings (SSSR count). The first-order valence-corrected chi connectivity index (χ1v) is 11.3. The molecule has 0 bridgehead atoms. The van der Waals surface area contributed by atoms with Gasteiger partial charge in [-0.15, -0.1) is 0 Å². The van der Waals surface area contributed by atoms with Crippen molar-refractivity contribution in [3.8, 4) is 0 Å². The van der Waals surface area contributed by atoms with E-state index in [1.807, 2.05) is 45.9 Å². The third kappa shape index (κ3) is 5.53. The van der Waals surface area contributed by atoms with E-state index in [0.29, 0.717) is 30.4 Å². The number of thiocarbonyl (C=S) groups is 1. The molecule has 0 amide bonds.